The van der Waals surface area contributed by atoms with Gasteiger partial charge in [0.2, 0.25) is 0 Å². The standard InChI is InChI=1S/C17H20N2O7S/c1-10-3-5-12(6-4-10)27(23,24)25-9-14-13(20)7-15(26-14)19-8-11(2)16(21)18-17(19)22/h3-6,8,13-15,20H,7,9H2,1-2H3,(H,18,21,22)/t13-,14-,15-/m1/s1. The van der Waals surface area contributed by atoms with E-state index in [1.54, 1.807) is 12.1 Å². The Kier molecular flexibility index (Phi) is 5.33. The first-order chi connectivity index (χ1) is 12.7. The minimum atomic E-state index is -4.00. The highest BCUT2D eigenvalue weighted by atomic mass is 32.2. The Morgan fingerprint density at radius 1 is 1.26 bits per heavy atom. The van der Waals surface area contributed by atoms with Crippen molar-refractivity contribution >= 4 is 10.1 Å². The van der Waals surface area contributed by atoms with Gasteiger partial charge in [0.25, 0.3) is 15.7 Å². The van der Waals surface area contributed by atoms with Crippen molar-refractivity contribution in [2.45, 2.75) is 43.6 Å². The van der Waals surface area contributed by atoms with Crippen molar-refractivity contribution in [2.75, 3.05) is 6.61 Å². The van der Waals surface area contributed by atoms with E-state index in [1.165, 1.54) is 25.3 Å². The zero-order chi connectivity index (χ0) is 19.8. The molecule has 1 fully saturated rings. The van der Waals surface area contributed by atoms with Gasteiger partial charge in [0, 0.05) is 18.2 Å². The van der Waals surface area contributed by atoms with Crippen molar-refractivity contribution in [3.05, 3.63) is 62.4 Å². The summed E-state index contributed by atoms with van der Waals surface area (Å²) in [5.74, 6) is 0. The van der Waals surface area contributed by atoms with Crippen LogP contribution in [0, 0.1) is 13.8 Å². The van der Waals surface area contributed by atoms with Crippen LogP contribution in [0.3, 0.4) is 0 Å². The second-order valence-corrected chi connectivity index (χ2v) is 8.08. The molecule has 1 aliphatic rings. The van der Waals surface area contributed by atoms with Crippen LogP contribution in [-0.4, -0.2) is 41.9 Å². The van der Waals surface area contributed by atoms with Crippen molar-refractivity contribution in [1.82, 2.24) is 9.55 Å². The average Bonchev–Trinajstić information content (AvgIpc) is 2.97. The number of aliphatic hydroxyl groups is 1. The van der Waals surface area contributed by atoms with Crippen LogP contribution in [0.2, 0.25) is 0 Å². The van der Waals surface area contributed by atoms with Crippen LogP contribution in [0.4, 0.5) is 0 Å². The summed E-state index contributed by atoms with van der Waals surface area (Å²) in [6.07, 6.45) is -1.40. The van der Waals surface area contributed by atoms with E-state index in [0.29, 0.717) is 5.56 Å². The van der Waals surface area contributed by atoms with E-state index in [4.69, 9.17) is 8.92 Å². The molecule has 146 valence electrons. The number of benzene rings is 1. The summed E-state index contributed by atoms with van der Waals surface area (Å²) in [5.41, 5.74) is 0.0535. The summed E-state index contributed by atoms with van der Waals surface area (Å²) in [4.78, 5) is 25.6. The lowest BCUT2D eigenvalue weighted by molar-refractivity contribution is -0.0400. The number of aromatic amines is 1. The molecule has 9 nitrogen and oxygen atoms in total. The van der Waals surface area contributed by atoms with Gasteiger partial charge >= 0.3 is 5.69 Å². The van der Waals surface area contributed by atoms with E-state index in [9.17, 15) is 23.1 Å². The van der Waals surface area contributed by atoms with Gasteiger partial charge in [-0.3, -0.25) is 18.5 Å². The van der Waals surface area contributed by atoms with Gasteiger partial charge in [-0.1, -0.05) is 17.7 Å². The zero-order valence-corrected chi connectivity index (χ0v) is 15.6. The molecule has 3 rings (SSSR count). The smallest absolute Gasteiger partial charge is 0.330 e. The molecule has 3 atom stereocenters. The maximum absolute atomic E-state index is 12.2. The van der Waals surface area contributed by atoms with Crippen molar-refractivity contribution < 1.29 is 22.4 Å². The predicted octanol–water partition coefficient (Wildman–Crippen LogP) is 0.207. The number of aromatic nitrogens is 2. The quantitative estimate of drug-likeness (QED) is 0.691. The van der Waals surface area contributed by atoms with Crippen LogP contribution in [0.25, 0.3) is 0 Å². The fourth-order valence-electron chi connectivity index (χ4n) is 2.77. The van der Waals surface area contributed by atoms with Gasteiger partial charge in [-0.25, -0.2) is 4.79 Å². The number of ether oxygens (including phenoxy) is 1. The normalized spacial score (nSPS) is 22.9. The Morgan fingerprint density at radius 2 is 1.93 bits per heavy atom. The molecule has 0 unspecified atom stereocenters. The first-order valence-corrected chi connectivity index (χ1v) is 9.70. The van der Waals surface area contributed by atoms with Gasteiger partial charge in [-0.15, -0.1) is 0 Å². The Morgan fingerprint density at radius 3 is 2.59 bits per heavy atom. The van der Waals surface area contributed by atoms with Gasteiger partial charge in [-0.2, -0.15) is 8.42 Å². The number of hydrogen-bond donors (Lipinski definition) is 2. The highest BCUT2D eigenvalue weighted by Gasteiger charge is 2.37. The first-order valence-electron chi connectivity index (χ1n) is 8.29. The van der Waals surface area contributed by atoms with Crippen LogP contribution in [0.1, 0.15) is 23.8 Å². The number of aliphatic hydroxyl groups excluding tert-OH is 1. The lowest BCUT2D eigenvalue weighted by Crippen LogP contribution is -2.33. The molecule has 0 saturated carbocycles. The average molecular weight is 396 g/mol. The molecule has 1 saturated heterocycles. The van der Waals surface area contributed by atoms with Gasteiger partial charge < -0.3 is 9.84 Å². The molecule has 1 aromatic carbocycles. The Hall–Kier alpha value is -2.27. The number of H-pyrrole nitrogens is 1. The summed E-state index contributed by atoms with van der Waals surface area (Å²) in [6, 6.07) is 6.17. The molecule has 2 N–H and O–H groups in total. The van der Waals surface area contributed by atoms with Crippen LogP contribution in [0.15, 0.2) is 44.9 Å². The lowest BCUT2D eigenvalue weighted by atomic mass is 10.2. The van der Waals surface area contributed by atoms with Gasteiger partial charge in [0.05, 0.1) is 17.6 Å². The Bertz CT molecular complexity index is 1040. The molecule has 1 aromatic heterocycles. The second kappa shape index (κ2) is 7.39. The molecule has 0 radical (unpaired) electrons. The molecular weight excluding hydrogens is 376 g/mol. The molecular formula is C17H20N2O7S. The lowest BCUT2D eigenvalue weighted by Gasteiger charge is -2.16. The monoisotopic (exact) mass is 396 g/mol. The topological polar surface area (TPSA) is 128 Å². The summed E-state index contributed by atoms with van der Waals surface area (Å²) in [7, 11) is -4.00. The van der Waals surface area contributed by atoms with Crippen LogP contribution < -0.4 is 11.2 Å². The molecule has 10 heteroatoms. The molecule has 0 amide bonds. The number of nitrogens with zero attached hydrogens (tertiary/aromatic N) is 1. The zero-order valence-electron chi connectivity index (χ0n) is 14.8. The highest BCUT2D eigenvalue weighted by molar-refractivity contribution is 7.86. The van der Waals surface area contributed by atoms with Gasteiger partial charge in [-0.05, 0) is 26.0 Å². The minimum Gasteiger partial charge on any atom is -0.390 e. The van der Waals surface area contributed by atoms with Gasteiger partial charge in [0.15, 0.2) is 0 Å². The summed E-state index contributed by atoms with van der Waals surface area (Å²) in [5, 5.41) is 10.2. The van der Waals surface area contributed by atoms with Crippen LogP contribution in [-0.2, 0) is 19.0 Å². The number of aryl methyl sites for hydroxylation is 2. The molecule has 0 spiro atoms. The second-order valence-electron chi connectivity index (χ2n) is 6.46. The maximum Gasteiger partial charge on any atom is 0.330 e. The largest absolute Gasteiger partial charge is 0.390 e. The molecule has 2 aromatic rings. The van der Waals surface area contributed by atoms with Crippen molar-refractivity contribution in [2.24, 2.45) is 0 Å². The summed E-state index contributed by atoms with van der Waals surface area (Å²) >= 11 is 0. The number of rotatable bonds is 5. The van der Waals surface area contributed by atoms with Crippen molar-refractivity contribution in [1.29, 1.82) is 0 Å². The van der Waals surface area contributed by atoms with E-state index in [-0.39, 0.29) is 11.3 Å². The van der Waals surface area contributed by atoms with Crippen molar-refractivity contribution in [3.8, 4) is 0 Å². The predicted molar refractivity (Wildman–Crippen MR) is 94.9 cm³/mol. The van der Waals surface area contributed by atoms with E-state index in [1.807, 2.05) is 6.92 Å². The maximum atomic E-state index is 12.2. The Balaban J connectivity index is 1.70. The third-order valence-corrected chi connectivity index (χ3v) is 5.65. The minimum absolute atomic E-state index is 0.00427. The molecule has 27 heavy (non-hydrogen) atoms. The third-order valence-electron chi connectivity index (χ3n) is 4.36. The fourth-order valence-corrected chi connectivity index (χ4v) is 3.68. The van der Waals surface area contributed by atoms with E-state index in [2.05, 4.69) is 4.98 Å². The van der Waals surface area contributed by atoms with Gasteiger partial charge in [0.1, 0.15) is 12.3 Å². The third kappa shape index (κ3) is 4.19. The first kappa shape index (κ1) is 19.5. The van der Waals surface area contributed by atoms with Crippen LogP contribution in [0.5, 0.6) is 0 Å². The van der Waals surface area contributed by atoms with E-state index >= 15 is 0 Å². The molecule has 0 aliphatic carbocycles. The van der Waals surface area contributed by atoms with Crippen molar-refractivity contribution in [3.63, 3.8) is 0 Å². The summed E-state index contributed by atoms with van der Waals surface area (Å²) in [6.45, 7) is 2.97. The Labute approximate surface area is 155 Å². The van der Waals surface area contributed by atoms with E-state index in [0.717, 1.165) is 10.1 Å². The summed E-state index contributed by atoms with van der Waals surface area (Å²) < 4.78 is 36.2. The number of hydrogen-bond acceptors (Lipinski definition) is 7. The SMILES string of the molecule is Cc1ccc(S(=O)(=O)OC[C@H]2O[C@@H](n3cc(C)c(=O)[nH]c3=O)C[C@H]2O)cc1. The van der Waals surface area contributed by atoms with E-state index < -0.39 is 46.4 Å². The fraction of sp³-hybridized carbons (Fsp3) is 0.412. The molecule has 0 bridgehead atoms. The molecule has 2 heterocycles. The van der Waals surface area contributed by atoms with Crippen LogP contribution >= 0.6 is 0 Å². The number of nitrogens with one attached hydrogen (secondary N) is 1. The highest BCUT2D eigenvalue weighted by Crippen LogP contribution is 2.28. The molecule has 1 aliphatic heterocycles.